The van der Waals surface area contributed by atoms with Crippen LogP contribution in [-0.2, 0) is 17.1 Å². The van der Waals surface area contributed by atoms with Gasteiger partial charge in [0.2, 0.25) is 5.97 Å². The summed E-state index contributed by atoms with van der Waals surface area (Å²) in [5.74, 6) is -0.731. The molecule has 17 heavy (non-hydrogen) atoms. The smallest absolute Gasteiger partial charge is 0.521 e. The van der Waals surface area contributed by atoms with E-state index in [2.05, 4.69) is 0 Å². The average Bonchev–Trinajstić information content (AvgIpc) is 2.93. The van der Waals surface area contributed by atoms with E-state index in [0.29, 0.717) is 5.56 Å². The number of rotatable bonds is 2. The minimum absolute atomic E-state index is 0. The quantitative estimate of drug-likeness (QED) is 0.519. The van der Waals surface area contributed by atoms with Crippen LogP contribution in [0.2, 0.25) is 0 Å². The Morgan fingerprint density at radius 2 is 1.53 bits per heavy atom. The van der Waals surface area contributed by atoms with Gasteiger partial charge in [-0.3, -0.25) is 0 Å². The van der Waals surface area contributed by atoms with Crippen LogP contribution in [0.25, 0.3) is 0 Å². The molecule has 90 valence electrons. The van der Waals surface area contributed by atoms with Gasteiger partial charge >= 0.3 is 17.1 Å². The number of ketones is 1. The second-order valence-electron chi connectivity index (χ2n) is 3.21. The van der Waals surface area contributed by atoms with Gasteiger partial charge in [0.15, 0.2) is 0 Å². The first-order chi connectivity index (χ1) is 7.61. The van der Waals surface area contributed by atoms with Crippen LogP contribution in [0, 0.1) is 0 Å². The average molecular weight is 272 g/mol. The van der Waals surface area contributed by atoms with E-state index in [1.165, 1.54) is 0 Å². The van der Waals surface area contributed by atoms with Crippen LogP contribution in [0.3, 0.4) is 0 Å². The summed E-state index contributed by atoms with van der Waals surface area (Å²) in [6.07, 6.45) is 0. The number of Topliss-reactive ketones (excluding diaryl/α,β-unsaturated/α-hetero) is 1. The van der Waals surface area contributed by atoms with Crippen molar-refractivity contribution in [2.75, 3.05) is 0 Å². The molecule has 0 aromatic heterocycles. The first kappa shape index (κ1) is 15.4. The summed E-state index contributed by atoms with van der Waals surface area (Å²) in [6, 6.07) is 13.8. The molecule has 1 N–H and O–H groups in total. The van der Waals surface area contributed by atoms with Crippen molar-refractivity contribution < 1.29 is 31.8 Å². The van der Waals surface area contributed by atoms with Crippen molar-refractivity contribution in [3.63, 3.8) is 0 Å². The van der Waals surface area contributed by atoms with Gasteiger partial charge in [-0.05, 0) is 6.92 Å². The molecule has 0 saturated heterocycles. The number of carbonyl (C=O) groups excluding carboxylic acids is 1. The molecule has 0 amide bonds. The molecule has 2 aromatic rings. The van der Waals surface area contributed by atoms with Crippen molar-refractivity contribution in [1.29, 1.82) is 0 Å². The van der Waals surface area contributed by atoms with Crippen molar-refractivity contribution >= 4 is 11.8 Å². The number of carbonyl (C=O) groups is 2. The van der Waals surface area contributed by atoms with Crippen LogP contribution in [0.4, 0.5) is 0 Å². The minimum Gasteiger partial charge on any atom is -0.521 e. The third-order valence-corrected chi connectivity index (χ3v) is 1.98. The second-order valence-corrected chi connectivity index (χ2v) is 3.21. The molecule has 0 spiro atoms. The molecule has 0 aliphatic carbocycles. The van der Waals surface area contributed by atoms with E-state index in [1.54, 1.807) is 31.2 Å². The predicted molar refractivity (Wildman–Crippen MR) is 61.0 cm³/mol. The van der Waals surface area contributed by atoms with Crippen molar-refractivity contribution in [2.45, 2.75) is 6.92 Å². The molecule has 0 radical (unpaired) electrons. The first-order valence-electron chi connectivity index (χ1n) is 4.79. The fourth-order valence-electron chi connectivity index (χ4n) is 1.13. The molecule has 0 aliphatic heterocycles. The monoisotopic (exact) mass is 272 g/mol. The molecule has 2 aromatic carbocycles. The van der Waals surface area contributed by atoms with Gasteiger partial charge in [-0.2, -0.15) is 36.4 Å². The van der Waals surface area contributed by atoms with Crippen LogP contribution >= 0.6 is 0 Å². The maximum atomic E-state index is 10.5. The van der Waals surface area contributed by atoms with Gasteiger partial charge < -0.3 is 14.7 Å². The Bertz CT molecular complexity index is 397. The maximum absolute atomic E-state index is 10.5. The third-order valence-electron chi connectivity index (χ3n) is 1.98. The summed E-state index contributed by atoms with van der Waals surface area (Å²) in [6.45, 7) is 1.56. The zero-order valence-corrected chi connectivity index (χ0v) is 10.3. The van der Waals surface area contributed by atoms with Gasteiger partial charge in [-0.1, -0.05) is 5.56 Å². The van der Waals surface area contributed by atoms with E-state index < -0.39 is 5.97 Å². The molecule has 0 saturated carbocycles. The number of aromatic carboxylic acids is 1. The Hall–Kier alpha value is -1.64. The molecule has 0 aliphatic rings. The van der Waals surface area contributed by atoms with Crippen LogP contribution in [-0.4, -0.2) is 16.9 Å². The molecular formula is C13H12FeO3. The summed E-state index contributed by atoms with van der Waals surface area (Å²) in [5.41, 5.74) is 1.15. The molecular weight excluding hydrogens is 260 g/mol. The van der Waals surface area contributed by atoms with Crippen molar-refractivity contribution in [2.24, 2.45) is 0 Å². The topological polar surface area (TPSA) is 54.4 Å². The van der Waals surface area contributed by atoms with Gasteiger partial charge in [0, 0.05) is 0 Å². The number of hydrogen-bond donors (Lipinski definition) is 1. The fraction of sp³-hybridized carbons (Fsp3) is 0.0769. The Labute approximate surface area is 110 Å². The van der Waals surface area contributed by atoms with Crippen molar-refractivity contribution in [1.82, 2.24) is 0 Å². The van der Waals surface area contributed by atoms with Crippen molar-refractivity contribution in [3.8, 4) is 0 Å². The Kier molecular flexibility index (Phi) is 6.87. The molecule has 0 unspecified atom stereocenters. The summed E-state index contributed by atoms with van der Waals surface area (Å²) in [4.78, 5) is 20.6. The molecule has 2 rings (SSSR count). The SMILES string of the molecule is CC(=O)c1ccc[cH-]1.O=C(O)c1ccc[cH-]1.[Fe+2]. The van der Waals surface area contributed by atoms with Gasteiger partial charge in [0.05, 0.1) is 5.78 Å². The summed E-state index contributed by atoms with van der Waals surface area (Å²) in [5, 5.41) is 8.27. The Balaban J connectivity index is 0.000000284. The number of carboxylic acid groups (broad SMARTS) is 1. The van der Waals surface area contributed by atoms with Gasteiger partial charge in [-0.15, -0.1) is 17.7 Å². The summed E-state index contributed by atoms with van der Waals surface area (Å²) >= 11 is 0. The zero-order valence-electron chi connectivity index (χ0n) is 9.24. The zero-order chi connectivity index (χ0) is 12.0. The molecule has 3 nitrogen and oxygen atoms in total. The van der Waals surface area contributed by atoms with E-state index in [1.807, 2.05) is 24.3 Å². The molecule has 0 fully saturated rings. The second kappa shape index (κ2) is 7.60. The standard InChI is InChI=1S/C7H7O.C6H5O2.Fe/c1-6(8)7-4-2-3-5-7;7-6(8)5-3-1-2-4-5;/h2-5H,1H3;1-4H,(H,7,8);/q2*-1;+2. The summed E-state index contributed by atoms with van der Waals surface area (Å²) in [7, 11) is 0. The van der Waals surface area contributed by atoms with Crippen molar-refractivity contribution in [3.05, 3.63) is 59.7 Å². The maximum Gasteiger partial charge on any atom is 2.00 e. The van der Waals surface area contributed by atoms with Crippen LogP contribution < -0.4 is 0 Å². The molecule has 0 bridgehead atoms. The van der Waals surface area contributed by atoms with Crippen LogP contribution in [0.5, 0.6) is 0 Å². The van der Waals surface area contributed by atoms with Gasteiger partial charge in [0.1, 0.15) is 0 Å². The van der Waals surface area contributed by atoms with Crippen LogP contribution in [0.1, 0.15) is 27.6 Å². The van der Waals surface area contributed by atoms with E-state index in [0.717, 1.165) is 5.56 Å². The van der Waals surface area contributed by atoms with E-state index >= 15 is 0 Å². The van der Waals surface area contributed by atoms with E-state index in [4.69, 9.17) is 5.11 Å². The van der Waals surface area contributed by atoms with E-state index in [9.17, 15) is 9.59 Å². The van der Waals surface area contributed by atoms with E-state index in [-0.39, 0.29) is 22.9 Å². The van der Waals surface area contributed by atoms with Gasteiger partial charge in [-0.25, -0.2) is 0 Å². The Morgan fingerprint density at radius 3 is 1.71 bits per heavy atom. The largest absolute Gasteiger partial charge is 2.00 e. The normalized spacial score (nSPS) is 8.53. The Morgan fingerprint density at radius 1 is 1.06 bits per heavy atom. The number of hydrogen-bond acceptors (Lipinski definition) is 2. The van der Waals surface area contributed by atoms with Gasteiger partial charge in [0.25, 0.3) is 0 Å². The fourth-order valence-corrected chi connectivity index (χ4v) is 1.13. The molecule has 0 heterocycles. The first-order valence-corrected chi connectivity index (χ1v) is 4.79. The molecule has 0 atom stereocenters. The minimum atomic E-state index is -0.866. The predicted octanol–water partition coefficient (Wildman–Crippen LogP) is 2.71. The third kappa shape index (κ3) is 5.29. The molecule has 4 heteroatoms. The summed E-state index contributed by atoms with van der Waals surface area (Å²) < 4.78 is 0. The number of carboxylic acids is 1. The van der Waals surface area contributed by atoms with Crippen LogP contribution in [0.15, 0.2) is 48.5 Å².